The first-order chi connectivity index (χ1) is 12.1. The van der Waals surface area contributed by atoms with E-state index in [0.717, 1.165) is 37.7 Å². The Kier molecular flexibility index (Phi) is 3.93. The molecule has 0 unspecified atom stereocenters. The minimum atomic E-state index is -3.66. The number of nitrogens with one attached hydrogen (secondary N) is 1. The summed E-state index contributed by atoms with van der Waals surface area (Å²) in [6.45, 7) is 5.38. The van der Waals surface area contributed by atoms with Crippen molar-refractivity contribution in [1.29, 1.82) is 0 Å². The van der Waals surface area contributed by atoms with Gasteiger partial charge in [-0.15, -0.1) is 0 Å². The third-order valence-corrected chi connectivity index (χ3v) is 5.93. The average Bonchev–Trinajstić information content (AvgIpc) is 3.07. The summed E-state index contributed by atoms with van der Waals surface area (Å²) in [6, 6.07) is 11.8. The number of rotatable bonds is 3. The number of sulfone groups is 1. The molecular weight excluding hydrogens is 338 g/mol. The Morgan fingerprint density at radius 1 is 1.08 bits per heavy atom. The van der Waals surface area contributed by atoms with Crippen LogP contribution < -0.4 is 10.2 Å². The topological polar surface area (TPSA) is 79.6 Å². The molecule has 1 aromatic carbocycles. The van der Waals surface area contributed by atoms with E-state index >= 15 is 0 Å². The maximum atomic E-state index is 12.8. The van der Waals surface area contributed by atoms with Crippen molar-refractivity contribution < 1.29 is 8.42 Å². The molecule has 0 aliphatic carbocycles. The SMILES string of the molecule is Cc1cc(N2CCNCC2)n2nc(S(=O)(=O)c3ccccc3)cc2n1. The van der Waals surface area contributed by atoms with Crippen molar-refractivity contribution in [2.75, 3.05) is 31.1 Å². The number of anilines is 1. The van der Waals surface area contributed by atoms with Crippen molar-refractivity contribution in [3.8, 4) is 0 Å². The number of piperazine rings is 1. The van der Waals surface area contributed by atoms with Gasteiger partial charge < -0.3 is 10.2 Å². The quantitative estimate of drug-likeness (QED) is 0.761. The third-order valence-electron chi connectivity index (χ3n) is 4.28. The standard InChI is InChI=1S/C17H19N5O2S/c1-13-11-17(21-9-7-18-8-10-21)22-15(19-13)12-16(20-22)25(23,24)14-5-3-2-4-6-14/h2-6,11-12,18H,7-10H2,1H3. The summed E-state index contributed by atoms with van der Waals surface area (Å²) in [4.78, 5) is 6.89. The molecule has 0 atom stereocenters. The van der Waals surface area contributed by atoms with Gasteiger partial charge in [0.2, 0.25) is 9.84 Å². The third kappa shape index (κ3) is 2.87. The molecule has 8 heteroatoms. The number of benzene rings is 1. The summed E-state index contributed by atoms with van der Waals surface area (Å²) in [6.07, 6.45) is 0. The fraction of sp³-hybridized carbons (Fsp3) is 0.294. The van der Waals surface area contributed by atoms with Crippen molar-refractivity contribution in [1.82, 2.24) is 19.9 Å². The summed E-state index contributed by atoms with van der Waals surface area (Å²) >= 11 is 0. The molecule has 2 aromatic heterocycles. The van der Waals surface area contributed by atoms with Gasteiger partial charge in [0, 0.05) is 44.0 Å². The van der Waals surface area contributed by atoms with Crippen LogP contribution in [-0.2, 0) is 9.84 Å². The van der Waals surface area contributed by atoms with Crippen molar-refractivity contribution in [2.45, 2.75) is 16.8 Å². The predicted octanol–water partition coefficient (Wildman–Crippen LogP) is 1.28. The van der Waals surface area contributed by atoms with E-state index < -0.39 is 9.84 Å². The summed E-state index contributed by atoms with van der Waals surface area (Å²) in [7, 11) is -3.66. The molecule has 0 amide bonds. The van der Waals surface area contributed by atoms with Gasteiger partial charge in [-0.2, -0.15) is 9.61 Å². The van der Waals surface area contributed by atoms with Gasteiger partial charge in [-0.25, -0.2) is 13.4 Å². The van der Waals surface area contributed by atoms with Crippen LogP contribution in [0.15, 0.2) is 52.4 Å². The first-order valence-corrected chi connectivity index (χ1v) is 9.67. The van der Waals surface area contributed by atoms with Crippen molar-refractivity contribution >= 4 is 21.3 Å². The van der Waals surface area contributed by atoms with E-state index in [0.29, 0.717) is 5.65 Å². The molecule has 4 rings (SSSR count). The Bertz CT molecular complexity index is 1010. The minimum Gasteiger partial charge on any atom is -0.354 e. The fourth-order valence-electron chi connectivity index (χ4n) is 3.03. The summed E-state index contributed by atoms with van der Waals surface area (Å²) < 4.78 is 27.3. The number of nitrogens with zero attached hydrogens (tertiary/aromatic N) is 4. The van der Waals surface area contributed by atoms with Gasteiger partial charge in [-0.1, -0.05) is 18.2 Å². The molecule has 3 heterocycles. The second kappa shape index (κ2) is 6.12. The van der Waals surface area contributed by atoms with Crippen LogP contribution in [0.2, 0.25) is 0 Å². The maximum absolute atomic E-state index is 12.8. The molecular formula is C17H19N5O2S. The first kappa shape index (κ1) is 16.0. The largest absolute Gasteiger partial charge is 0.354 e. The smallest absolute Gasteiger partial charge is 0.225 e. The number of fused-ring (bicyclic) bond motifs is 1. The molecule has 0 saturated carbocycles. The number of hydrogen-bond donors (Lipinski definition) is 1. The number of hydrogen-bond acceptors (Lipinski definition) is 6. The fourth-order valence-corrected chi connectivity index (χ4v) is 4.24. The molecule has 3 aromatic rings. The Balaban J connectivity index is 1.85. The van der Waals surface area contributed by atoms with E-state index in [4.69, 9.17) is 0 Å². The number of aromatic nitrogens is 3. The zero-order valence-electron chi connectivity index (χ0n) is 13.9. The molecule has 0 spiro atoms. The second-order valence-corrected chi connectivity index (χ2v) is 7.96. The maximum Gasteiger partial charge on any atom is 0.225 e. The van der Waals surface area contributed by atoms with Gasteiger partial charge in [0.15, 0.2) is 10.7 Å². The zero-order chi connectivity index (χ0) is 17.4. The minimum absolute atomic E-state index is 0.0215. The lowest BCUT2D eigenvalue weighted by atomic mass is 10.3. The molecule has 0 radical (unpaired) electrons. The summed E-state index contributed by atoms with van der Waals surface area (Å²) in [5.41, 5.74) is 1.38. The first-order valence-electron chi connectivity index (χ1n) is 8.19. The second-order valence-electron chi connectivity index (χ2n) is 6.06. The van der Waals surface area contributed by atoms with Crippen LogP contribution in [0.3, 0.4) is 0 Å². The van der Waals surface area contributed by atoms with Gasteiger partial charge in [-0.05, 0) is 19.1 Å². The highest BCUT2D eigenvalue weighted by atomic mass is 32.2. The van der Waals surface area contributed by atoms with Gasteiger partial charge in [0.05, 0.1) is 4.90 Å². The zero-order valence-corrected chi connectivity index (χ0v) is 14.7. The van der Waals surface area contributed by atoms with E-state index in [1.807, 2.05) is 13.0 Å². The molecule has 130 valence electrons. The van der Waals surface area contributed by atoms with Crippen molar-refractivity contribution in [2.24, 2.45) is 0 Å². The summed E-state index contributed by atoms with van der Waals surface area (Å²) in [5.74, 6) is 0.874. The summed E-state index contributed by atoms with van der Waals surface area (Å²) in [5, 5.41) is 7.72. The monoisotopic (exact) mass is 357 g/mol. The predicted molar refractivity (Wildman–Crippen MR) is 94.7 cm³/mol. The Labute approximate surface area is 146 Å². The highest BCUT2D eigenvalue weighted by Gasteiger charge is 2.24. The highest BCUT2D eigenvalue weighted by Crippen LogP contribution is 2.24. The Morgan fingerprint density at radius 2 is 1.80 bits per heavy atom. The van der Waals surface area contributed by atoms with Crippen LogP contribution >= 0.6 is 0 Å². The average molecular weight is 357 g/mol. The van der Waals surface area contributed by atoms with Crippen molar-refractivity contribution in [3.05, 3.63) is 48.2 Å². The lowest BCUT2D eigenvalue weighted by molar-refractivity contribution is 0.576. The van der Waals surface area contributed by atoms with Gasteiger partial charge in [0.1, 0.15) is 5.82 Å². The van der Waals surface area contributed by atoms with E-state index in [-0.39, 0.29) is 9.92 Å². The van der Waals surface area contributed by atoms with E-state index in [1.165, 1.54) is 0 Å². The normalized spacial score (nSPS) is 15.6. The molecule has 1 saturated heterocycles. The molecule has 7 nitrogen and oxygen atoms in total. The number of aryl methyl sites for hydroxylation is 1. The van der Waals surface area contributed by atoms with Crippen LogP contribution in [0.1, 0.15) is 5.69 Å². The molecule has 1 aliphatic rings. The van der Waals surface area contributed by atoms with Crippen LogP contribution in [0, 0.1) is 6.92 Å². The van der Waals surface area contributed by atoms with E-state index in [1.54, 1.807) is 40.9 Å². The Morgan fingerprint density at radius 3 is 2.52 bits per heavy atom. The lowest BCUT2D eigenvalue weighted by Gasteiger charge is -2.29. The van der Waals surface area contributed by atoms with Crippen LogP contribution in [0.4, 0.5) is 5.82 Å². The van der Waals surface area contributed by atoms with E-state index in [9.17, 15) is 8.42 Å². The van der Waals surface area contributed by atoms with Gasteiger partial charge in [-0.3, -0.25) is 0 Å². The van der Waals surface area contributed by atoms with E-state index in [2.05, 4.69) is 20.3 Å². The van der Waals surface area contributed by atoms with Crippen LogP contribution in [0.25, 0.3) is 5.65 Å². The molecule has 0 bridgehead atoms. The van der Waals surface area contributed by atoms with Crippen molar-refractivity contribution in [3.63, 3.8) is 0 Å². The van der Waals surface area contributed by atoms with Crippen LogP contribution in [0.5, 0.6) is 0 Å². The molecule has 1 fully saturated rings. The highest BCUT2D eigenvalue weighted by molar-refractivity contribution is 7.91. The van der Waals surface area contributed by atoms with Gasteiger partial charge in [0.25, 0.3) is 0 Å². The lowest BCUT2D eigenvalue weighted by Crippen LogP contribution is -2.44. The van der Waals surface area contributed by atoms with Gasteiger partial charge >= 0.3 is 0 Å². The molecule has 25 heavy (non-hydrogen) atoms. The molecule has 1 N–H and O–H groups in total. The molecule has 1 aliphatic heterocycles. The van der Waals surface area contributed by atoms with Crippen LogP contribution in [-0.4, -0.2) is 49.2 Å². The Hall–Kier alpha value is -2.45.